The van der Waals surface area contributed by atoms with Gasteiger partial charge in [-0.15, -0.1) is 0 Å². The highest BCUT2D eigenvalue weighted by Gasteiger charge is 2.10. The second kappa shape index (κ2) is 8.15. The molecule has 0 aliphatic rings. The van der Waals surface area contributed by atoms with Crippen LogP contribution in [-0.4, -0.2) is 19.6 Å². The second-order valence-electron chi connectivity index (χ2n) is 5.32. The van der Waals surface area contributed by atoms with Gasteiger partial charge in [0, 0.05) is 18.8 Å². The highest BCUT2D eigenvalue weighted by atomic mass is 15.1. The molecule has 0 fully saturated rings. The van der Waals surface area contributed by atoms with E-state index in [0.717, 1.165) is 32.0 Å². The summed E-state index contributed by atoms with van der Waals surface area (Å²) in [4.78, 5) is 2.48. The molecule has 18 heavy (non-hydrogen) atoms. The zero-order valence-electron chi connectivity index (χ0n) is 12.2. The first kappa shape index (κ1) is 15.0. The summed E-state index contributed by atoms with van der Waals surface area (Å²) < 4.78 is 0. The minimum absolute atomic E-state index is 0.745. The monoisotopic (exact) mass is 248 g/mol. The second-order valence-corrected chi connectivity index (χ2v) is 5.32. The lowest BCUT2D eigenvalue weighted by Gasteiger charge is -2.28. The third-order valence-electron chi connectivity index (χ3n) is 3.34. The molecule has 102 valence electrons. The maximum atomic E-state index is 5.64. The maximum Gasteiger partial charge on any atom is 0.0366 e. The summed E-state index contributed by atoms with van der Waals surface area (Å²) in [5.74, 6) is 0.745. The summed E-state index contributed by atoms with van der Waals surface area (Å²) in [7, 11) is 0. The number of aryl methyl sites for hydroxylation is 1. The van der Waals surface area contributed by atoms with Gasteiger partial charge in [-0.25, -0.2) is 0 Å². The van der Waals surface area contributed by atoms with Crippen LogP contribution in [0.25, 0.3) is 0 Å². The lowest BCUT2D eigenvalue weighted by Crippen LogP contribution is -2.30. The van der Waals surface area contributed by atoms with E-state index in [1.54, 1.807) is 0 Å². The van der Waals surface area contributed by atoms with Gasteiger partial charge in [-0.05, 0) is 44.4 Å². The third-order valence-corrected chi connectivity index (χ3v) is 3.34. The van der Waals surface area contributed by atoms with Gasteiger partial charge in [0.15, 0.2) is 0 Å². The van der Waals surface area contributed by atoms with Gasteiger partial charge in [0.1, 0.15) is 0 Å². The van der Waals surface area contributed by atoms with Crippen molar-refractivity contribution in [1.29, 1.82) is 0 Å². The molecule has 0 amide bonds. The molecule has 0 aromatic heterocycles. The molecule has 0 heterocycles. The molecular formula is C16H28N2. The van der Waals surface area contributed by atoms with Crippen LogP contribution in [0.15, 0.2) is 24.3 Å². The Balaban J connectivity index is 2.67. The Labute approximate surface area is 112 Å². The fourth-order valence-corrected chi connectivity index (χ4v) is 2.32. The summed E-state index contributed by atoms with van der Waals surface area (Å²) in [5, 5.41) is 0. The van der Waals surface area contributed by atoms with E-state index in [4.69, 9.17) is 5.73 Å². The lowest BCUT2D eigenvalue weighted by atomic mass is 10.0. The van der Waals surface area contributed by atoms with Gasteiger partial charge < -0.3 is 10.6 Å². The van der Waals surface area contributed by atoms with Crippen molar-refractivity contribution in [3.05, 3.63) is 29.8 Å². The molecule has 0 bridgehead atoms. The summed E-state index contributed by atoms with van der Waals surface area (Å²) in [5.41, 5.74) is 8.29. The molecule has 0 saturated carbocycles. The summed E-state index contributed by atoms with van der Waals surface area (Å²) in [6.07, 6.45) is 3.62. The molecule has 0 aliphatic carbocycles. The third kappa shape index (κ3) is 5.09. The van der Waals surface area contributed by atoms with Gasteiger partial charge >= 0.3 is 0 Å². The van der Waals surface area contributed by atoms with Crippen LogP contribution in [0.4, 0.5) is 5.69 Å². The molecule has 2 nitrogen and oxygen atoms in total. The molecule has 0 saturated heterocycles. The van der Waals surface area contributed by atoms with E-state index < -0.39 is 0 Å². The Morgan fingerprint density at radius 3 is 2.44 bits per heavy atom. The number of hydrogen-bond donors (Lipinski definition) is 1. The molecular weight excluding hydrogens is 220 g/mol. The number of benzene rings is 1. The Hall–Kier alpha value is -1.02. The van der Waals surface area contributed by atoms with Gasteiger partial charge in [0.05, 0.1) is 0 Å². The Kier molecular flexibility index (Phi) is 6.81. The van der Waals surface area contributed by atoms with E-state index in [2.05, 4.69) is 49.9 Å². The standard InChI is InChI=1S/C16H28N2/c1-4-6-15(3)13-18(12-5-11-17)16-9-7-14(2)8-10-16/h7-10,15H,4-6,11-13,17H2,1-3H3. The van der Waals surface area contributed by atoms with E-state index in [1.807, 2.05) is 0 Å². The normalized spacial score (nSPS) is 12.4. The van der Waals surface area contributed by atoms with Crippen molar-refractivity contribution in [2.45, 2.75) is 40.0 Å². The number of hydrogen-bond acceptors (Lipinski definition) is 2. The average Bonchev–Trinajstić information content (AvgIpc) is 2.36. The van der Waals surface area contributed by atoms with Crippen LogP contribution >= 0.6 is 0 Å². The number of rotatable bonds is 8. The molecule has 2 heteroatoms. The molecule has 2 N–H and O–H groups in total. The van der Waals surface area contributed by atoms with Crippen molar-refractivity contribution in [2.24, 2.45) is 11.7 Å². The minimum atomic E-state index is 0.745. The quantitative estimate of drug-likeness (QED) is 0.762. The Bertz CT molecular complexity index is 318. The maximum absolute atomic E-state index is 5.64. The van der Waals surface area contributed by atoms with Crippen molar-refractivity contribution in [3.8, 4) is 0 Å². The first-order chi connectivity index (χ1) is 8.67. The summed E-state index contributed by atoms with van der Waals surface area (Å²) in [6.45, 7) is 9.70. The lowest BCUT2D eigenvalue weighted by molar-refractivity contribution is 0.509. The van der Waals surface area contributed by atoms with Crippen molar-refractivity contribution in [1.82, 2.24) is 0 Å². The van der Waals surface area contributed by atoms with Crippen LogP contribution in [0, 0.1) is 12.8 Å². The van der Waals surface area contributed by atoms with Crippen molar-refractivity contribution < 1.29 is 0 Å². The molecule has 1 rings (SSSR count). The van der Waals surface area contributed by atoms with E-state index in [-0.39, 0.29) is 0 Å². The predicted molar refractivity (Wildman–Crippen MR) is 81.1 cm³/mol. The average molecular weight is 248 g/mol. The predicted octanol–water partition coefficient (Wildman–Crippen LogP) is 3.59. The topological polar surface area (TPSA) is 29.3 Å². The molecule has 0 aliphatic heterocycles. The smallest absolute Gasteiger partial charge is 0.0366 e. The van der Waals surface area contributed by atoms with Gasteiger partial charge in [-0.1, -0.05) is 38.0 Å². The van der Waals surface area contributed by atoms with Crippen molar-refractivity contribution in [2.75, 3.05) is 24.5 Å². The van der Waals surface area contributed by atoms with Crippen LogP contribution in [-0.2, 0) is 0 Å². The van der Waals surface area contributed by atoms with Crippen LogP contribution in [0.3, 0.4) is 0 Å². The zero-order valence-corrected chi connectivity index (χ0v) is 12.2. The number of nitrogens with two attached hydrogens (primary N) is 1. The first-order valence-corrected chi connectivity index (χ1v) is 7.19. The van der Waals surface area contributed by atoms with E-state index in [9.17, 15) is 0 Å². The molecule has 1 aromatic carbocycles. The molecule has 1 unspecified atom stereocenters. The van der Waals surface area contributed by atoms with Crippen LogP contribution in [0.2, 0.25) is 0 Å². The van der Waals surface area contributed by atoms with Gasteiger partial charge in [0.25, 0.3) is 0 Å². The largest absolute Gasteiger partial charge is 0.371 e. The van der Waals surface area contributed by atoms with Crippen molar-refractivity contribution >= 4 is 5.69 Å². The van der Waals surface area contributed by atoms with Crippen LogP contribution in [0.5, 0.6) is 0 Å². The van der Waals surface area contributed by atoms with Gasteiger partial charge in [-0.2, -0.15) is 0 Å². The number of nitrogens with zero attached hydrogens (tertiary/aromatic N) is 1. The molecule has 0 radical (unpaired) electrons. The molecule has 0 spiro atoms. The fourth-order valence-electron chi connectivity index (χ4n) is 2.32. The number of anilines is 1. The van der Waals surface area contributed by atoms with E-state index >= 15 is 0 Å². The summed E-state index contributed by atoms with van der Waals surface area (Å²) >= 11 is 0. The van der Waals surface area contributed by atoms with Crippen molar-refractivity contribution in [3.63, 3.8) is 0 Å². The highest BCUT2D eigenvalue weighted by molar-refractivity contribution is 5.47. The van der Waals surface area contributed by atoms with E-state index in [1.165, 1.54) is 24.1 Å². The SMILES string of the molecule is CCCC(C)CN(CCCN)c1ccc(C)cc1. The first-order valence-electron chi connectivity index (χ1n) is 7.19. The van der Waals surface area contributed by atoms with Crippen LogP contribution < -0.4 is 10.6 Å². The van der Waals surface area contributed by atoms with Gasteiger partial charge in [0.2, 0.25) is 0 Å². The Morgan fingerprint density at radius 1 is 1.22 bits per heavy atom. The molecule has 1 atom stereocenters. The fraction of sp³-hybridized carbons (Fsp3) is 0.625. The molecule has 1 aromatic rings. The van der Waals surface area contributed by atoms with E-state index in [0.29, 0.717) is 0 Å². The minimum Gasteiger partial charge on any atom is -0.371 e. The Morgan fingerprint density at radius 2 is 1.89 bits per heavy atom. The summed E-state index contributed by atoms with van der Waals surface area (Å²) in [6, 6.07) is 8.83. The highest BCUT2D eigenvalue weighted by Crippen LogP contribution is 2.18. The van der Waals surface area contributed by atoms with Gasteiger partial charge in [-0.3, -0.25) is 0 Å². The zero-order chi connectivity index (χ0) is 13.4. The van der Waals surface area contributed by atoms with Crippen LogP contribution in [0.1, 0.15) is 38.7 Å².